The Kier molecular flexibility index (Phi) is 21.8. The SMILES string of the molecule is CC.CCC(CC)Nc1nc(NC2C=CC=C(S(C)=O)C=C2)ncc1Br.CCCCCCCCCC. The van der Waals surface area contributed by atoms with Gasteiger partial charge in [0.25, 0.3) is 0 Å². The fraction of sp³-hybridized carbons (Fsp3) is 0.655. The van der Waals surface area contributed by atoms with Gasteiger partial charge in [-0.25, -0.2) is 4.98 Å². The number of hydrogen-bond donors (Lipinski definition) is 2. The van der Waals surface area contributed by atoms with Crippen LogP contribution in [0.1, 0.15) is 106 Å². The highest BCUT2D eigenvalue weighted by molar-refractivity contribution is 9.10. The Bertz CT molecular complexity index is 798. The zero-order valence-corrected chi connectivity index (χ0v) is 26.2. The van der Waals surface area contributed by atoms with Crippen molar-refractivity contribution < 1.29 is 4.21 Å². The lowest BCUT2D eigenvalue weighted by atomic mass is 10.1. The summed E-state index contributed by atoms with van der Waals surface area (Å²) in [6.45, 7) is 12.8. The molecule has 1 heterocycles. The summed E-state index contributed by atoms with van der Waals surface area (Å²) in [5.74, 6) is 1.34. The minimum atomic E-state index is -0.992. The largest absolute Gasteiger partial charge is 0.366 e. The second-order valence-electron chi connectivity index (χ2n) is 8.61. The van der Waals surface area contributed by atoms with Crippen molar-refractivity contribution in [3.05, 3.63) is 46.0 Å². The average Bonchev–Trinajstić information content (AvgIpc) is 3.14. The van der Waals surface area contributed by atoms with Gasteiger partial charge >= 0.3 is 0 Å². The van der Waals surface area contributed by atoms with E-state index in [2.05, 4.69) is 64.2 Å². The number of anilines is 2. The first-order valence-electron chi connectivity index (χ1n) is 13.9. The first-order valence-corrected chi connectivity index (χ1v) is 16.3. The molecule has 1 aliphatic rings. The second-order valence-corrected chi connectivity index (χ2v) is 10.8. The molecule has 1 aromatic rings. The summed E-state index contributed by atoms with van der Waals surface area (Å²) in [6.07, 6.45) is 26.5. The highest BCUT2D eigenvalue weighted by Crippen LogP contribution is 2.22. The molecule has 206 valence electrons. The molecule has 2 unspecified atom stereocenters. The molecule has 1 aromatic heterocycles. The monoisotopic (exact) mass is 582 g/mol. The molecular formula is C29H51BrN4OS. The van der Waals surface area contributed by atoms with Crippen LogP contribution in [0.25, 0.3) is 0 Å². The fourth-order valence-corrected chi connectivity index (χ4v) is 4.30. The van der Waals surface area contributed by atoms with E-state index in [-0.39, 0.29) is 6.04 Å². The van der Waals surface area contributed by atoms with Crippen molar-refractivity contribution >= 4 is 38.5 Å². The Balaban J connectivity index is 0.000000861. The molecule has 0 saturated heterocycles. The molecule has 0 amide bonds. The van der Waals surface area contributed by atoms with Gasteiger partial charge < -0.3 is 10.6 Å². The number of halogens is 1. The third-order valence-corrected chi connectivity index (χ3v) is 7.22. The predicted molar refractivity (Wildman–Crippen MR) is 165 cm³/mol. The molecule has 2 atom stereocenters. The van der Waals surface area contributed by atoms with Gasteiger partial charge in [0, 0.05) is 34.2 Å². The van der Waals surface area contributed by atoms with Crippen LogP contribution in [0.15, 0.2) is 46.0 Å². The van der Waals surface area contributed by atoms with E-state index in [1.807, 2.05) is 44.2 Å². The van der Waals surface area contributed by atoms with Crippen molar-refractivity contribution in [2.24, 2.45) is 0 Å². The van der Waals surface area contributed by atoms with Crippen molar-refractivity contribution in [2.75, 3.05) is 16.9 Å². The zero-order chi connectivity index (χ0) is 27.2. The number of aromatic nitrogens is 2. The molecule has 0 radical (unpaired) electrons. The lowest BCUT2D eigenvalue weighted by Gasteiger charge is -2.18. The van der Waals surface area contributed by atoms with Gasteiger partial charge in [-0.3, -0.25) is 4.21 Å². The van der Waals surface area contributed by atoms with E-state index in [1.165, 1.54) is 51.4 Å². The third kappa shape index (κ3) is 15.6. The second kappa shape index (κ2) is 22.7. The predicted octanol–water partition coefficient (Wildman–Crippen LogP) is 9.18. The standard InChI is InChI=1S/C17H23BrN4OS.C10H22.C2H6/c1-4-12(5-2)20-16-15(18)11-19-17(22-16)21-13-7-6-8-14(10-9-13)24(3)23;1-3-5-7-9-10-8-6-4-2;1-2/h6-13H,4-5H2,1-3H3,(H2,19,20,21,22);3-10H2,1-2H3;1-2H3. The van der Waals surface area contributed by atoms with E-state index in [1.54, 1.807) is 12.5 Å². The molecule has 1 aliphatic carbocycles. The summed E-state index contributed by atoms with van der Waals surface area (Å²) in [5.41, 5.74) is 0. The number of unbranched alkanes of at least 4 members (excludes halogenated alkanes) is 7. The Hall–Kier alpha value is -1.47. The molecule has 0 spiro atoms. The number of rotatable bonds is 14. The van der Waals surface area contributed by atoms with Crippen molar-refractivity contribution in [3.63, 3.8) is 0 Å². The molecule has 0 saturated carbocycles. The maximum atomic E-state index is 11.6. The molecule has 2 rings (SSSR count). The lowest BCUT2D eigenvalue weighted by Crippen LogP contribution is -2.20. The number of hydrogen-bond acceptors (Lipinski definition) is 5. The van der Waals surface area contributed by atoms with Crippen LogP contribution in [-0.4, -0.2) is 32.5 Å². The van der Waals surface area contributed by atoms with Gasteiger partial charge in [0.05, 0.1) is 10.5 Å². The van der Waals surface area contributed by atoms with Gasteiger partial charge in [0.2, 0.25) is 5.95 Å². The highest BCUT2D eigenvalue weighted by Gasteiger charge is 2.11. The van der Waals surface area contributed by atoms with Crippen LogP contribution in [0.4, 0.5) is 11.8 Å². The summed E-state index contributed by atoms with van der Waals surface area (Å²) in [6, 6.07) is 0.331. The Morgan fingerprint density at radius 3 is 2.08 bits per heavy atom. The van der Waals surface area contributed by atoms with Crippen LogP contribution in [0.2, 0.25) is 0 Å². The Morgan fingerprint density at radius 1 is 0.972 bits per heavy atom. The van der Waals surface area contributed by atoms with Crippen molar-refractivity contribution in [1.82, 2.24) is 9.97 Å². The van der Waals surface area contributed by atoms with Gasteiger partial charge in [-0.2, -0.15) is 4.98 Å². The maximum absolute atomic E-state index is 11.6. The van der Waals surface area contributed by atoms with E-state index in [0.29, 0.717) is 12.0 Å². The molecular weight excluding hydrogens is 532 g/mol. The minimum absolute atomic E-state index is 0.0514. The fourth-order valence-electron chi connectivity index (χ4n) is 3.46. The van der Waals surface area contributed by atoms with Crippen LogP contribution >= 0.6 is 15.9 Å². The minimum Gasteiger partial charge on any atom is -0.366 e. The third-order valence-electron chi connectivity index (χ3n) is 5.70. The zero-order valence-electron chi connectivity index (χ0n) is 23.8. The van der Waals surface area contributed by atoms with Gasteiger partial charge in [-0.15, -0.1) is 0 Å². The highest BCUT2D eigenvalue weighted by atomic mass is 79.9. The van der Waals surface area contributed by atoms with Crippen LogP contribution in [-0.2, 0) is 10.8 Å². The smallest absolute Gasteiger partial charge is 0.225 e. The van der Waals surface area contributed by atoms with Gasteiger partial charge in [-0.05, 0) is 40.9 Å². The lowest BCUT2D eigenvalue weighted by molar-refractivity contribution is 0.585. The van der Waals surface area contributed by atoms with E-state index < -0.39 is 10.8 Å². The molecule has 0 aromatic carbocycles. The molecule has 2 N–H and O–H groups in total. The summed E-state index contributed by atoms with van der Waals surface area (Å²) in [4.78, 5) is 9.68. The number of allylic oxidation sites excluding steroid dienone is 3. The number of nitrogens with one attached hydrogen (secondary N) is 2. The van der Waals surface area contributed by atoms with Crippen molar-refractivity contribution in [2.45, 2.75) is 118 Å². The van der Waals surface area contributed by atoms with Gasteiger partial charge in [-0.1, -0.05) is 111 Å². The van der Waals surface area contributed by atoms with Gasteiger partial charge in [0.1, 0.15) is 5.82 Å². The number of nitrogens with zero attached hydrogens (tertiary/aromatic N) is 2. The molecule has 7 heteroatoms. The van der Waals surface area contributed by atoms with Crippen LogP contribution in [0.5, 0.6) is 0 Å². The molecule has 0 aliphatic heterocycles. The summed E-state index contributed by atoms with van der Waals surface area (Å²) < 4.78 is 12.4. The van der Waals surface area contributed by atoms with E-state index in [9.17, 15) is 4.21 Å². The summed E-state index contributed by atoms with van der Waals surface area (Å²) in [5, 5.41) is 6.70. The van der Waals surface area contributed by atoms with E-state index in [0.717, 1.165) is 28.0 Å². The first kappa shape index (κ1) is 34.5. The Labute approximate surface area is 232 Å². The molecule has 0 bridgehead atoms. The first-order chi connectivity index (χ1) is 17.4. The average molecular weight is 584 g/mol. The van der Waals surface area contributed by atoms with Crippen LogP contribution < -0.4 is 10.6 Å². The van der Waals surface area contributed by atoms with Crippen LogP contribution in [0.3, 0.4) is 0 Å². The molecule has 0 fully saturated rings. The summed E-state index contributed by atoms with van der Waals surface area (Å²) in [7, 11) is -0.992. The quantitative estimate of drug-likeness (QED) is 0.214. The van der Waals surface area contributed by atoms with Crippen molar-refractivity contribution in [3.8, 4) is 0 Å². The van der Waals surface area contributed by atoms with Crippen LogP contribution in [0, 0.1) is 0 Å². The maximum Gasteiger partial charge on any atom is 0.225 e. The van der Waals surface area contributed by atoms with Gasteiger partial charge in [0.15, 0.2) is 0 Å². The molecule has 5 nitrogen and oxygen atoms in total. The normalized spacial score (nSPS) is 15.1. The van der Waals surface area contributed by atoms with Crippen molar-refractivity contribution in [1.29, 1.82) is 0 Å². The Morgan fingerprint density at radius 2 is 1.56 bits per heavy atom. The molecule has 36 heavy (non-hydrogen) atoms. The summed E-state index contributed by atoms with van der Waals surface area (Å²) >= 11 is 3.49. The van der Waals surface area contributed by atoms with E-state index >= 15 is 0 Å². The van der Waals surface area contributed by atoms with E-state index in [4.69, 9.17) is 0 Å². The topological polar surface area (TPSA) is 66.9 Å².